The monoisotopic (exact) mass is 338 g/mol. The summed E-state index contributed by atoms with van der Waals surface area (Å²) in [5, 5.41) is 13.8. The molecule has 7 heteroatoms. The lowest BCUT2D eigenvalue weighted by molar-refractivity contribution is 0.0944. The van der Waals surface area contributed by atoms with E-state index in [0.717, 1.165) is 17.1 Å². The molecule has 0 aliphatic rings. The van der Waals surface area contributed by atoms with Crippen molar-refractivity contribution in [2.24, 2.45) is 0 Å². The van der Waals surface area contributed by atoms with Crippen molar-refractivity contribution in [1.82, 2.24) is 15.5 Å². The molecular weight excluding hydrogens is 320 g/mol. The van der Waals surface area contributed by atoms with Crippen LogP contribution in [0.3, 0.4) is 0 Å². The Labute approximate surface area is 145 Å². The number of hydrogen-bond donors (Lipinski definition) is 2. The van der Waals surface area contributed by atoms with Gasteiger partial charge in [-0.05, 0) is 30.3 Å². The normalized spacial score (nSPS) is 10.3. The molecule has 1 amide bonds. The highest BCUT2D eigenvalue weighted by atomic mass is 16.5. The van der Waals surface area contributed by atoms with Gasteiger partial charge in [0.05, 0.1) is 19.9 Å². The number of anilines is 1. The average Bonchev–Trinajstić information content (AvgIpc) is 3.18. The van der Waals surface area contributed by atoms with E-state index in [4.69, 9.17) is 9.15 Å². The van der Waals surface area contributed by atoms with Crippen LogP contribution in [0.15, 0.2) is 59.2 Å². The Morgan fingerprint density at radius 3 is 2.68 bits per heavy atom. The van der Waals surface area contributed by atoms with E-state index in [9.17, 15) is 4.79 Å². The highest BCUT2D eigenvalue weighted by Crippen LogP contribution is 2.16. The van der Waals surface area contributed by atoms with Gasteiger partial charge in [-0.2, -0.15) is 0 Å². The molecule has 0 saturated carbocycles. The van der Waals surface area contributed by atoms with Crippen molar-refractivity contribution < 1.29 is 13.9 Å². The van der Waals surface area contributed by atoms with Gasteiger partial charge >= 0.3 is 0 Å². The van der Waals surface area contributed by atoms with E-state index in [1.807, 2.05) is 36.4 Å². The van der Waals surface area contributed by atoms with Crippen molar-refractivity contribution in [2.75, 3.05) is 12.4 Å². The number of amides is 1. The van der Waals surface area contributed by atoms with Gasteiger partial charge in [0.1, 0.15) is 17.3 Å². The number of carbonyl (C=O) groups is 1. The number of nitrogens with one attached hydrogen (secondary N) is 2. The van der Waals surface area contributed by atoms with E-state index in [1.165, 1.54) is 0 Å². The molecule has 0 unspecified atom stereocenters. The van der Waals surface area contributed by atoms with E-state index in [1.54, 1.807) is 25.5 Å². The molecule has 0 saturated heterocycles. The third-order valence-electron chi connectivity index (χ3n) is 3.55. The Morgan fingerprint density at radius 1 is 1.08 bits per heavy atom. The minimum absolute atomic E-state index is 0.249. The molecule has 0 atom stereocenters. The van der Waals surface area contributed by atoms with Crippen LogP contribution in [0.1, 0.15) is 21.8 Å². The minimum atomic E-state index is -0.295. The van der Waals surface area contributed by atoms with E-state index in [-0.39, 0.29) is 11.6 Å². The Morgan fingerprint density at radius 2 is 1.96 bits per heavy atom. The number of methoxy groups -OCH3 is 1. The van der Waals surface area contributed by atoms with Gasteiger partial charge in [-0.1, -0.05) is 18.2 Å². The second-order valence-corrected chi connectivity index (χ2v) is 5.23. The molecule has 1 aromatic carbocycles. The Balaban J connectivity index is 1.55. The molecule has 3 aromatic rings. The molecule has 2 aromatic heterocycles. The van der Waals surface area contributed by atoms with Crippen LogP contribution in [0.2, 0.25) is 0 Å². The molecule has 25 heavy (non-hydrogen) atoms. The van der Waals surface area contributed by atoms with Gasteiger partial charge in [0.15, 0.2) is 5.69 Å². The van der Waals surface area contributed by atoms with Crippen LogP contribution < -0.4 is 15.4 Å². The standard InChI is InChI=1S/C18H18N4O3/c1-24-16-7-3-2-5-13(16)11-20-18(23)15-8-9-17(22-21-15)19-12-14-6-4-10-25-14/h2-10H,11-12H2,1H3,(H,19,22)(H,20,23). The van der Waals surface area contributed by atoms with Crippen LogP contribution >= 0.6 is 0 Å². The van der Waals surface area contributed by atoms with E-state index < -0.39 is 0 Å². The Kier molecular flexibility index (Phi) is 5.26. The Bertz CT molecular complexity index is 817. The molecule has 2 N–H and O–H groups in total. The summed E-state index contributed by atoms with van der Waals surface area (Å²) in [5.74, 6) is 1.79. The van der Waals surface area contributed by atoms with Crippen molar-refractivity contribution in [3.63, 3.8) is 0 Å². The quantitative estimate of drug-likeness (QED) is 0.688. The summed E-state index contributed by atoms with van der Waals surface area (Å²) < 4.78 is 10.5. The zero-order valence-electron chi connectivity index (χ0n) is 13.7. The first-order valence-corrected chi connectivity index (χ1v) is 7.76. The molecule has 2 heterocycles. The van der Waals surface area contributed by atoms with Crippen molar-refractivity contribution in [1.29, 1.82) is 0 Å². The zero-order chi connectivity index (χ0) is 17.5. The van der Waals surface area contributed by atoms with Crippen molar-refractivity contribution >= 4 is 11.7 Å². The molecular formula is C18H18N4O3. The van der Waals surface area contributed by atoms with Gasteiger partial charge < -0.3 is 19.8 Å². The van der Waals surface area contributed by atoms with Gasteiger partial charge in [-0.3, -0.25) is 4.79 Å². The lowest BCUT2D eigenvalue weighted by Gasteiger charge is -2.09. The summed E-state index contributed by atoms with van der Waals surface area (Å²) in [7, 11) is 1.60. The molecule has 128 valence electrons. The number of nitrogens with zero attached hydrogens (tertiary/aromatic N) is 2. The number of hydrogen-bond acceptors (Lipinski definition) is 6. The van der Waals surface area contributed by atoms with Gasteiger partial charge in [-0.15, -0.1) is 10.2 Å². The summed E-state index contributed by atoms with van der Waals surface area (Å²) >= 11 is 0. The fraction of sp³-hybridized carbons (Fsp3) is 0.167. The fourth-order valence-electron chi connectivity index (χ4n) is 2.25. The maximum absolute atomic E-state index is 12.2. The number of rotatable bonds is 7. The lowest BCUT2D eigenvalue weighted by Crippen LogP contribution is -2.24. The third kappa shape index (κ3) is 4.35. The summed E-state index contributed by atoms with van der Waals surface area (Å²) in [6.45, 7) is 0.851. The number of benzene rings is 1. The molecule has 0 spiro atoms. The van der Waals surface area contributed by atoms with E-state index in [0.29, 0.717) is 18.9 Å². The number of furan rings is 1. The lowest BCUT2D eigenvalue weighted by atomic mass is 10.2. The highest BCUT2D eigenvalue weighted by Gasteiger charge is 2.09. The number of para-hydroxylation sites is 1. The van der Waals surface area contributed by atoms with Gasteiger partial charge in [0, 0.05) is 12.1 Å². The molecule has 0 aliphatic heterocycles. The van der Waals surface area contributed by atoms with E-state index in [2.05, 4.69) is 20.8 Å². The fourth-order valence-corrected chi connectivity index (χ4v) is 2.25. The smallest absolute Gasteiger partial charge is 0.272 e. The van der Waals surface area contributed by atoms with Gasteiger partial charge in [-0.25, -0.2) is 0 Å². The van der Waals surface area contributed by atoms with Crippen LogP contribution in [0, 0.1) is 0 Å². The Hall–Kier alpha value is -3.35. The average molecular weight is 338 g/mol. The molecule has 0 fully saturated rings. The molecule has 7 nitrogen and oxygen atoms in total. The largest absolute Gasteiger partial charge is 0.496 e. The van der Waals surface area contributed by atoms with Gasteiger partial charge in [0.2, 0.25) is 0 Å². The zero-order valence-corrected chi connectivity index (χ0v) is 13.7. The summed E-state index contributed by atoms with van der Waals surface area (Å²) in [6, 6.07) is 14.5. The van der Waals surface area contributed by atoms with Gasteiger partial charge in [0.25, 0.3) is 5.91 Å². The first kappa shape index (κ1) is 16.5. The maximum Gasteiger partial charge on any atom is 0.272 e. The third-order valence-corrected chi connectivity index (χ3v) is 3.55. The number of ether oxygens (including phenoxy) is 1. The van der Waals surface area contributed by atoms with Crippen molar-refractivity contribution in [3.05, 3.63) is 71.8 Å². The maximum atomic E-state index is 12.2. The highest BCUT2D eigenvalue weighted by molar-refractivity contribution is 5.92. The predicted molar refractivity (Wildman–Crippen MR) is 92.2 cm³/mol. The second-order valence-electron chi connectivity index (χ2n) is 5.23. The van der Waals surface area contributed by atoms with Crippen molar-refractivity contribution in [3.8, 4) is 5.75 Å². The summed E-state index contributed by atoms with van der Waals surface area (Å²) in [6.07, 6.45) is 1.61. The summed E-state index contributed by atoms with van der Waals surface area (Å²) in [4.78, 5) is 12.2. The number of aromatic nitrogens is 2. The van der Waals surface area contributed by atoms with Crippen LogP contribution in [0.5, 0.6) is 5.75 Å². The van der Waals surface area contributed by atoms with E-state index >= 15 is 0 Å². The van der Waals surface area contributed by atoms with Crippen molar-refractivity contribution in [2.45, 2.75) is 13.1 Å². The first-order valence-electron chi connectivity index (χ1n) is 7.76. The van der Waals surface area contributed by atoms with Crippen LogP contribution in [0.4, 0.5) is 5.82 Å². The predicted octanol–water partition coefficient (Wildman–Crippen LogP) is 2.62. The molecule has 0 radical (unpaired) electrons. The topological polar surface area (TPSA) is 89.3 Å². The molecule has 0 aliphatic carbocycles. The second kappa shape index (κ2) is 7.96. The molecule has 3 rings (SSSR count). The molecule has 0 bridgehead atoms. The SMILES string of the molecule is COc1ccccc1CNC(=O)c1ccc(NCc2ccco2)nn1. The van der Waals surface area contributed by atoms with Crippen LogP contribution in [-0.2, 0) is 13.1 Å². The summed E-state index contributed by atoms with van der Waals surface area (Å²) in [5.41, 5.74) is 1.14. The minimum Gasteiger partial charge on any atom is -0.496 e. The van der Waals surface area contributed by atoms with Crippen LogP contribution in [0.25, 0.3) is 0 Å². The number of carbonyl (C=O) groups excluding carboxylic acids is 1. The van der Waals surface area contributed by atoms with Crippen LogP contribution in [-0.4, -0.2) is 23.2 Å². The first-order chi connectivity index (χ1) is 12.3.